The zero-order valence-corrected chi connectivity index (χ0v) is 66.3. The maximum atomic E-state index is 13.8. The number of anilines is 5. The van der Waals surface area contributed by atoms with E-state index in [1.807, 2.05) is 37.3 Å². The minimum atomic E-state index is -4.52. The number of carbonyl (C=O) groups excluding carboxylic acids is 5. The van der Waals surface area contributed by atoms with Crippen molar-refractivity contribution in [3.63, 3.8) is 0 Å². The number of nitrogens with one attached hydrogen (secondary N) is 5. The Hall–Kier alpha value is -17.6. The lowest BCUT2D eigenvalue weighted by Gasteiger charge is -2.11. The van der Waals surface area contributed by atoms with Crippen LogP contribution in [0.4, 0.5) is 59.2 Å². The molecule has 0 aliphatic heterocycles. The lowest BCUT2D eigenvalue weighted by atomic mass is 10.1. The van der Waals surface area contributed by atoms with Crippen molar-refractivity contribution >= 4 is 58.0 Å². The lowest BCUT2D eigenvalue weighted by Crippen LogP contribution is -2.12. The first-order valence-corrected chi connectivity index (χ1v) is 37.4. The molecule has 21 nitrogen and oxygen atoms in total. The molecule has 5 amide bonds. The quantitative estimate of drug-likeness (QED) is 0.0351. The minimum absolute atomic E-state index is 0.0149. The van der Waals surface area contributed by atoms with E-state index in [1.165, 1.54) is 73.6 Å². The van der Waals surface area contributed by atoms with Crippen molar-refractivity contribution in [1.29, 1.82) is 0 Å². The summed E-state index contributed by atoms with van der Waals surface area (Å²) in [6, 6.07) is 68.8. The molecule has 0 saturated carbocycles. The fraction of sp³-hybridized carbons (Fsp3) is 0.0306. The Morgan fingerprint density at radius 2 is 0.683 bits per heavy atom. The molecule has 0 atom stereocenters. The van der Waals surface area contributed by atoms with Gasteiger partial charge in [0.1, 0.15) is 81.3 Å². The van der Waals surface area contributed by atoms with Gasteiger partial charge < -0.3 is 50.3 Å². The van der Waals surface area contributed by atoms with Gasteiger partial charge in [-0.25, -0.2) is 27.5 Å². The molecular formula is C98H68F7N11O10. The highest BCUT2D eigenvalue weighted by molar-refractivity contribution is 6.07. The standard InChI is InChI=1S/C21H13F3N2O2.C20H14N2O2.C19H11F2N3O2.2C19H15FN2O2/c1-2-14-5-3-6-15(9-14)20(27)26-17-7-4-8-18(11-17)28-19-10-16(12-25-13-19)21(22,23)24;1-2-15-6-3-7-16(12-15)20(23)22-17-8-4-9-18(13-17)24-19-10-5-11-21-14-19;1-2-12-3-13(5-14(20)4-12)19(25)24-16-6-15(21)7-17(8-16)26-18-9-22-11-23-10-18;1-13-10-14(7-8-18(13)20)19(23)22-15-4-2-5-16(11-15)24-17-6-3-9-21-12-17;1-13-4-2-5-14(8-13)19(23)22-16-6-3-7-17(10-16)24-18-9-15(20)11-21-12-18/h1,3-13H,(H,26,27);1,3-14H,(H,22,23);1,3-11H,(H,24,25);2*2-12H,1H3,(H,22,23). The summed E-state index contributed by atoms with van der Waals surface area (Å²) in [5.41, 5.74) is 6.20. The van der Waals surface area contributed by atoms with Crippen LogP contribution in [0.5, 0.6) is 57.5 Å². The number of alkyl halides is 3. The monoisotopic (exact) mass is 1690 g/mol. The van der Waals surface area contributed by atoms with Crippen molar-refractivity contribution in [2.75, 3.05) is 26.6 Å². The third kappa shape index (κ3) is 28.0. The third-order valence-electron chi connectivity index (χ3n) is 16.8. The number of ether oxygens (including phenoxy) is 5. The average molecular weight is 1690 g/mol. The number of halogens is 7. The number of hydrogen-bond donors (Lipinski definition) is 5. The molecule has 0 aliphatic carbocycles. The van der Waals surface area contributed by atoms with Crippen LogP contribution in [-0.4, -0.2) is 59.4 Å². The highest BCUT2D eigenvalue weighted by Gasteiger charge is 2.31. The van der Waals surface area contributed by atoms with Gasteiger partial charge in [-0.2, -0.15) is 13.2 Å². The molecule has 126 heavy (non-hydrogen) atoms. The first-order valence-electron chi connectivity index (χ1n) is 37.4. The van der Waals surface area contributed by atoms with Crippen molar-refractivity contribution in [2.24, 2.45) is 0 Å². The molecule has 0 saturated heterocycles. The van der Waals surface area contributed by atoms with Crippen molar-refractivity contribution in [3.8, 4) is 94.5 Å². The van der Waals surface area contributed by atoms with Crippen molar-refractivity contribution in [3.05, 3.63) is 414 Å². The zero-order chi connectivity index (χ0) is 89.3. The fourth-order valence-corrected chi connectivity index (χ4v) is 11.0. The number of aromatic nitrogens is 6. The molecule has 0 aliphatic rings. The molecule has 15 aromatic rings. The molecule has 0 unspecified atom stereocenters. The first-order chi connectivity index (χ1) is 60.8. The molecule has 5 heterocycles. The van der Waals surface area contributed by atoms with Crippen LogP contribution in [0, 0.1) is 74.1 Å². The van der Waals surface area contributed by atoms with Gasteiger partial charge in [-0.3, -0.25) is 43.9 Å². The second-order valence-electron chi connectivity index (χ2n) is 26.4. The largest absolute Gasteiger partial charge is 0.456 e. The summed E-state index contributed by atoms with van der Waals surface area (Å²) in [7, 11) is 0. The molecule has 5 aromatic heterocycles. The Labute approximate surface area is 717 Å². The van der Waals surface area contributed by atoms with Gasteiger partial charge in [-0.05, 0) is 189 Å². The van der Waals surface area contributed by atoms with E-state index in [0.29, 0.717) is 102 Å². The van der Waals surface area contributed by atoms with Crippen LogP contribution in [0.3, 0.4) is 0 Å². The summed E-state index contributed by atoms with van der Waals surface area (Å²) in [5, 5.41) is 13.6. The molecule has 0 fully saturated rings. The van der Waals surface area contributed by atoms with E-state index in [4.69, 9.17) is 43.0 Å². The summed E-state index contributed by atoms with van der Waals surface area (Å²) in [6.45, 7) is 3.55. The molecule has 0 bridgehead atoms. The van der Waals surface area contributed by atoms with Gasteiger partial charge in [0.2, 0.25) is 0 Å². The Morgan fingerprint density at radius 1 is 0.302 bits per heavy atom. The van der Waals surface area contributed by atoms with Gasteiger partial charge in [0.25, 0.3) is 29.5 Å². The number of terminal acetylenes is 3. The summed E-state index contributed by atoms with van der Waals surface area (Å²) in [4.78, 5) is 84.3. The minimum Gasteiger partial charge on any atom is -0.456 e. The summed E-state index contributed by atoms with van der Waals surface area (Å²) >= 11 is 0. The molecule has 0 radical (unpaired) electrons. The van der Waals surface area contributed by atoms with Gasteiger partial charge >= 0.3 is 6.18 Å². The SMILES string of the molecule is C#Cc1cc(F)cc(C(=O)Nc2cc(F)cc(Oc3cncnc3)c2)c1.C#Cc1cccc(C(=O)Nc2cccc(Oc3cccnc3)c2)c1.C#Cc1cccc(C(=O)Nc2cccc(Oc3cncc(C(F)(F)F)c3)c2)c1.Cc1cc(C(=O)Nc2cccc(Oc3cccnc3)c2)ccc1F.Cc1cccc(C(=O)Nc2cccc(Oc3cncc(F)c3)c2)c1. The molecular weight excluding hydrogens is 1620 g/mol. The van der Waals surface area contributed by atoms with Crippen LogP contribution in [0.15, 0.2) is 329 Å². The van der Waals surface area contributed by atoms with Gasteiger partial charge in [0.05, 0.1) is 48.9 Å². The Balaban J connectivity index is 0.000000153. The number of nitrogens with zero attached hydrogens (tertiary/aromatic N) is 6. The maximum Gasteiger partial charge on any atom is 0.418 e. The van der Waals surface area contributed by atoms with Gasteiger partial charge in [0.15, 0.2) is 5.75 Å². The Morgan fingerprint density at radius 3 is 1.14 bits per heavy atom. The number of hydrogen-bond acceptors (Lipinski definition) is 16. The topological polar surface area (TPSA) is 269 Å². The predicted molar refractivity (Wildman–Crippen MR) is 462 cm³/mol. The molecule has 624 valence electrons. The molecule has 15 rings (SSSR count). The van der Waals surface area contributed by atoms with Crippen molar-refractivity contribution < 1.29 is 78.4 Å². The number of benzene rings is 10. The van der Waals surface area contributed by atoms with Crippen LogP contribution in [0.1, 0.15) is 85.2 Å². The predicted octanol–water partition coefficient (Wildman–Crippen LogP) is 22.2. The van der Waals surface area contributed by atoms with Gasteiger partial charge in [-0.15, -0.1) is 19.3 Å². The molecule has 5 N–H and O–H groups in total. The Kier molecular flexibility index (Phi) is 31.1. The smallest absolute Gasteiger partial charge is 0.418 e. The van der Waals surface area contributed by atoms with Crippen LogP contribution >= 0.6 is 0 Å². The number of aryl methyl sites for hydroxylation is 2. The van der Waals surface area contributed by atoms with E-state index < -0.39 is 35.1 Å². The van der Waals surface area contributed by atoms with Crippen LogP contribution in [-0.2, 0) is 6.18 Å². The second kappa shape index (κ2) is 43.9. The van der Waals surface area contributed by atoms with Crippen LogP contribution < -0.4 is 50.3 Å². The average Bonchev–Trinajstić information content (AvgIpc) is 0.873. The second-order valence-corrected chi connectivity index (χ2v) is 26.4. The summed E-state index contributed by atoms with van der Waals surface area (Å²) in [6.07, 6.45) is 26.5. The number of carbonyl (C=O) groups is 5. The zero-order valence-electron chi connectivity index (χ0n) is 66.3. The van der Waals surface area contributed by atoms with Gasteiger partial charge in [-0.1, -0.05) is 71.9 Å². The number of rotatable bonds is 20. The van der Waals surface area contributed by atoms with Crippen LogP contribution in [0.25, 0.3) is 0 Å². The number of amides is 5. The van der Waals surface area contributed by atoms with Crippen molar-refractivity contribution in [2.45, 2.75) is 20.0 Å². The fourth-order valence-electron chi connectivity index (χ4n) is 11.0. The van der Waals surface area contributed by atoms with Gasteiger partial charge in [0, 0.05) is 134 Å². The molecule has 28 heteroatoms. The summed E-state index contributed by atoms with van der Waals surface area (Å²) in [5.74, 6) is 7.20. The summed E-state index contributed by atoms with van der Waals surface area (Å²) < 4.78 is 120. The lowest BCUT2D eigenvalue weighted by molar-refractivity contribution is -0.137. The number of pyridine rings is 4. The first kappa shape index (κ1) is 89.2. The van der Waals surface area contributed by atoms with E-state index >= 15 is 0 Å². The van der Waals surface area contributed by atoms with E-state index in [9.17, 15) is 54.7 Å². The molecule has 0 spiro atoms. The van der Waals surface area contributed by atoms with E-state index in [2.05, 4.69) is 74.2 Å². The normalized spacial score (nSPS) is 10.2. The van der Waals surface area contributed by atoms with Crippen LogP contribution in [0.2, 0.25) is 0 Å². The highest BCUT2D eigenvalue weighted by Crippen LogP contribution is 2.34. The van der Waals surface area contributed by atoms with Crippen molar-refractivity contribution in [1.82, 2.24) is 29.9 Å². The molecule has 10 aromatic carbocycles. The van der Waals surface area contributed by atoms with E-state index in [-0.39, 0.29) is 69.3 Å². The van der Waals surface area contributed by atoms with E-state index in [1.54, 1.807) is 189 Å². The maximum absolute atomic E-state index is 13.8. The highest BCUT2D eigenvalue weighted by atomic mass is 19.4. The Bertz CT molecular complexity index is 6520. The van der Waals surface area contributed by atoms with E-state index in [0.717, 1.165) is 42.1 Å². The third-order valence-corrected chi connectivity index (χ3v) is 16.8.